The molecule has 0 amide bonds. The first-order chi connectivity index (χ1) is 7.12. The zero-order valence-corrected chi connectivity index (χ0v) is 10.5. The van der Waals surface area contributed by atoms with Crippen molar-refractivity contribution in [1.29, 1.82) is 0 Å². The zero-order chi connectivity index (χ0) is 11.6. The van der Waals surface area contributed by atoms with E-state index >= 15 is 0 Å². The van der Waals surface area contributed by atoms with Gasteiger partial charge >= 0.3 is 0 Å². The lowest BCUT2D eigenvalue weighted by molar-refractivity contribution is -0.627. The summed E-state index contributed by atoms with van der Waals surface area (Å²) in [6.45, 7) is 3.12. The van der Waals surface area contributed by atoms with Crippen molar-refractivity contribution < 1.29 is 23.8 Å². The maximum absolute atomic E-state index is 11.1. The Morgan fingerprint density at radius 2 is 1.87 bits per heavy atom. The summed E-state index contributed by atoms with van der Waals surface area (Å²) in [5.74, 6) is 0. The van der Waals surface area contributed by atoms with Gasteiger partial charge in [-0.2, -0.15) is 0 Å². The van der Waals surface area contributed by atoms with Crippen LogP contribution in [0.1, 0.15) is 32.6 Å². The smallest absolute Gasteiger partial charge is 0.268 e. The molecule has 92 valence electrons. The topological polar surface area (TPSA) is 75.2 Å². The molecule has 0 radical (unpaired) electrons. The van der Waals surface area contributed by atoms with Crippen molar-refractivity contribution in [3.05, 3.63) is 0 Å². The van der Waals surface area contributed by atoms with E-state index in [0.717, 1.165) is 25.7 Å². The molecule has 15 heavy (non-hydrogen) atoms. The molecule has 0 aromatic heterocycles. The second-order valence-electron chi connectivity index (χ2n) is 3.37. The van der Waals surface area contributed by atoms with Crippen molar-refractivity contribution in [2.75, 3.05) is 26.8 Å². The second-order valence-corrected chi connectivity index (χ2v) is 4.78. The highest BCUT2D eigenvalue weighted by molar-refractivity contribution is 7.45. The minimum Gasteiger partial charge on any atom is -0.756 e. The number of phosphoric acid groups is 1. The van der Waals surface area contributed by atoms with Gasteiger partial charge in [0.05, 0.1) is 20.2 Å². The molecule has 0 heterocycles. The van der Waals surface area contributed by atoms with Gasteiger partial charge in [0.1, 0.15) is 6.61 Å². The molecule has 2 N–H and O–H groups in total. The van der Waals surface area contributed by atoms with Crippen LogP contribution in [0.25, 0.3) is 0 Å². The molecule has 0 fully saturated rings. The van der Waals surface area contributed by atoms with Gasteiger partial charge in [0.25, 0.3) is 7.82 Å². The fourth-order valence-electron chi connectivity index (χ4n) is 1.02. The van der Waals surface area contributed by atoms with E-state index in [4.69, 9.17) is 0 Å². The molecule has 0 saturated carbocycles. The lowest BCUT2D eigenvalue weighted by Crippen LogP contribution is -2.80. The Kier molecular flexibility index (Phi) is 9.35. The monoisotopic (exact) mass is 239 g/mol. The zero-order valence-electron chi connectivity index (χ0n) is 9.61. The molecule has 6 heteroatoms. The highest BCUT2D eigenvalue weighted by Crippen LogP contribution is 2.37. The fourth-order valence-corrected chi connectivity index (χ4v) is 1.78. The van der Waals surface area contributed by atoms with Gasteiger partial charge in [0.2, 0.25) is 0 Å². The van der Waals surface area contributed by atoms with Crippen molar-refractivity contribution in [2.45, 2.75) is 32.6 Å². The molecule has 0 spiro atoms. The van der Waals surface area contributed by atoms with Crippen LogP contribution in [0.2, 0.25) is 0 Å². The summed E-state index contributed by atoms with van der Waals surface area (Å²) in [6, 6.07) is 0. The molecule has 0 aliphatic carbocycles. The van der Waals surface area contributed by atoms with Crippen molar-refractivity contribution in [3.8, 4) is 0 Å². The first-order valence-corrected chi connectivity index (χ1v) is 6.96. The Labute approximate surface area is 91.8 Å². The van der Waals surface area contributed by atoms with Gasteiger partial charge in [0, 0.05) is 0 Å². The molecule has 0 aromatic rings. The van der Waals surface area contributed by atoms with Gasteiger partial charge in [-0.25, -0.2) is 0 Å². The minimum atomic E-state index is -4.04. The predicted molar refractivity (Wildman–Crippen MR) is 56.4 cm³/mol. The lowest BCUT2D eigenvalue weighted by atomic mass is 10.2. The van der Waals surface area contributed by atoms with E-state index in [9.17, 15) is 9.46 Å². The van der Waals surface area contributed by atoms with Gasteiger partial charge in [-0.1, -0.05) is 26.2 Å². The summed E-state index contributed by atoms with van der Waals surface area (Å²) < 4.78 is 20.4. The van der Waals surface area contributed by atoms with Crippen LogP contribution in [0.4, 0.5) is 0 Å². The number of unbranched alkanes of at least 4 members (excludes halogenated alkanes) is 3. The van der Waals surface area contributed by atoms with Crippen molar-refractivity contribution in [3.63, 3.8) is 0 Å². The average Bonchev–Trinajstić information content (AvgIpc) is 2.17. The number of hydrogen-bond donors (Lipinski definition) is 1. The van der Waals surface area contributed by atoms with Crippen LogP contribution in [-0.4, -0.2) is 26.8 Å². The van der Waals surface area contributed by atoms with Crippen molar-refractivity contribution >= 4 is 7.82 Å². The van der Waals surface area contributed by atoms with Crippen molar-refractivity contribution in [1.82, 2.24) is 0 Å². The third-order valence-corrected chi connectivity index (χ3v) is 2.90. The molecule has 5 nitrogen and oxygen atoms in total. The molecule has 0 saturated heterocycles. The molecule has 1 atom stereocenters. The Bertz CT molecular complexity index is 189. The predicted octanol–water partition coefficient (Wildman–Crippen LogP) is 0.262. The number of quaternary nitrogens is 1. The van der Waals surface area contributed by atoms with Gasteiger partial charge in [-0.05, 0) is 6.42 Å². The normalized spacial score (nSPS) is 15.1. The minimum absolute atomic E-state index is 0.173. The number of rotatable bonds is 10. The molecule has 0 aliphatic heterocycles. The molecular weight excluding hydrogens is 217 g/mol. The van der Waals surface area contributed by atoms with Crippen LogP contribution >= 0.6 is 7.82 Å². The van der Waals surface area contributed by atoms with Crippen molar-refractivity contribution in [2.24, 2.45) is 0 Å². The van der Waals surface area contributed by atoms with E-state index in [-0.39, 0.29) is 13.2 Å². The van der Waals surface area contributed by atoms with E-state index in [0.29, 0.717) is 6.54 Å². The van der Waals surface area contributed by atoms with Crippen LogP contribution in [0.3, 0.4) is 0 Å². The average molecular weight is 239 g/mol. The summed E-state index contributed by atoms with van der Waals surface area (Å²) >= 11 is 0. The van der Waals surface area contributed by atoms with E-state index < -0.39 is 7.82 Å². The van der Waals surface area contributed by atoms with Crippen LogP contribution < -0.4 is 10.2 Å². The van der Waals surface area contributed by atoms with Gasteiger partial charge in [-0.15, -0.1) is 0 Å². The molecule has 0 bridgehead atoms. The standard InChI is InChI=1S/C9H22NO4P/c1-3-4-5-6-8-13-15(11,12)14-9-7-10-2/h10H,3-9H2,1-2H3,(H,11,12). The van der Waals surface area contributed by atoms with Crippen LogP contribution in [0.15, 0.2) is 0 Å². The Morgan fingerprint density at radius 3 is 2.47 bits per heavy atom. The van der Waals surface area contributed by atoms with E-state index in [1.807, 2.05) is 12.4 Å². The van der Waals surface area contributed by atoms with Crippen LogP contribution in [-0.2, 0) is 13.6 Å². The molecule has 0 rings (SSSR count). The molecule has 0 aliphatic rings. The third-order valence-electron chi connectivity index (χ3n) is 1.90. The highest BCUT2D eigenvalue weighted by atomic mass is 31.2. The second kappa shape index (κ2) is 9.31. The number of hydrogen-bond acceptors (Lipinski definition) is 4. The Balaban J connectivity index is 3.43. The third kappa shape index (κ3) is 10.4. The first-order valence-electron chi connectivity index (χ1n) is 5.50. The van der Waals surface area contributed by atoms with Gasteiger partial charge < -0.3 is 19.3 Å². The van der Waals surface area contributed by atoms with Crippen LogP contribution in [0, 0.1) is 0 Å². The number of likely N-dealkylation sites (N-methyl/N-ethyl adjacent to an activating group) is 1. The Morgan fingerprint density at radius 1 is 1.20 bits per heavy atom. The highest BCUT2D eigenvalue weighted by Gasteiger charge is 2.08. The lowest BCUT2D eigenvalue weighted by Gasteiger charge is -2.21. The van der Waals surface area contributed by atoms with E-state index in [1.54, 1.807) is 0 Å². The number of nitrogens with two attached hydrogens (primary N) is 1. The van der Waals surface area contributed by atoms with Crippen LogP contribution in [0.5, 0.6) is 0 Å². The van der Waals surface area contributed by atoms with Gasteiger partial charge in [0.15, 0.2) is 0 Å². The molecular formula is C9H22NO4P. The summed E-state index contributed by atoms with van der Waals surface area (Å²) in [5.41, 5.74) is 0. The van der Waals surface area contributed by atoms with E-state index in [1.165, 1.54) is 0 Å². The summed E-state index contributed by atoms with van der Waals surface area (Å²) in [5, 5.41) is 1.85. The van der Waals surface area contributed by atoms with E-state index in [2.05, 4.69) is 16.0 Å². The number of phosphoric ester groups is 1. The Hall–Kier alpha value is 0.0700. The molecule has 1 unspecified atom stereocenters. The summed E-state index contributed by atoms with van der Waals surface area (Å²) in [4.78, 5) is 11.1. The molecule has 0 aromatic carbocycles. The van der Waals surface area contributed by atoms with Gasteiger partial charge in [-0.3, -0.25) is 4.57 Å². The maximum atomic E-state index is 11.1. The SMILES string of the molecule is CCCCCCOP(=O)([O-])OCC[NH2+]C. The first kappa shape index (κ1) is 15.1. The quantitative estimate of drug-likeness (QED) is 0.438. The largest absolute Gasteiger partial charge is 0.756 e. The maximum Gasteiger partial charge on any atom is 0.268 e. The summed E-state index contributed by atoms with van der Waals surface area (Å²) in [7, 11) is -2.19. The summed E-state index contributed by atoms with van der Waals surface area (Å²) in [6.07, 6.45) is 4.00. The fraction of sp³-hybridized carbons (Fsp3) is 1.00.